The molecule has 0 fully saturated rings. The van der Waals surface area contributed by atoms with E-state index in [0.29, 0.717) is 18.1 Å². The standard InChI is InChI=1S/C15H20O3/c1-11-4-2-3-5-12-10-13(16)7-8-14(12)18-15(17)9-6-11/h7-8,10-11,16H,2-6,9H2,1H3. The van der Waals surface area contributed by atoms with Gasteiger partial charge >= 0.3 is 5.97 Å². The summed E-state index contributed by atoms with van der Waals surface area (Å²) in [6, 6.07) is 4.95. The van der Waals surface area contributed by atoms with Crippen LogP contribution in [0.3, 0.4) is 0 Å². The molecule has 1 unspecified atom stereocenters. The lowest BCUT2D eigenvalue weighted by molar-refractivity contribution is -0.134. The van der Waals surface area contributed by atoms with Crippen LogP contribution >= 0.6 is 0 Å². The van der Waals surface area contributed by atoms with E-state index in [1.54, 1.807) is 18.2 Å². The fourth-order valence-corrected chi connectivity index (χ4v) is 2.35. The number of phenols is 1. The third kappa shape index (κ3) is 3.49. The van der Waals surface area contributed by atoms with E-state index in [1.165, 1.54) is 0 Å². The highest BCUT2D eigenvalue weighted by Gasteiger charge is 2.14. The Kier molecular flexibility index (Phi) is 4.24. The van der Waals surface area contributed by atoms with Crippen LogP contribution in [-0.2, 0) is 11.2 Å². The van der Waals surface area contributed by atoms with Crippen LogP contribution in [0.5, 0.6) is 11.5 Å². The van der Waals surface area contributed by atoms with Crippen molar-refractivity contribution in [2.75, 3.05) is 0 Å². The molecule has 0 spiro atoms. The number of esters is 1. The number of carbonyl (C=O) groups excluding carboxylic acids is 1. The van der Waals surface area contributed by atoms with Gasteiger partial charge in [0.25, 0.3) is 0 Å². The van der Waals surface area contributed by atoms with E-state index < -0.39 is 0 Å². The van der Waals surface area contributed by atoms with Crippen LogP contribution in [0.4, 0.5) is 0 Å². The van der Waals surface area contributed by atoms with Crippen molar-refractivity contribution in [1.82, 2.24) is 0 Å². The van der Waals surface area contributed by atoms with E-state index in [1.807, 2.05) is 0 Å². The maximum atomic E-state index is 11.7. The summed E-state index contributed by atoms with van der Waals surface area (Å²) in [6.07, 6.45) is 5.60. The third-order valence-corrected chi connectivity index (χ3v) is 3.50. The van der Waals surface area contributed by atoms with Crippen molar-refractivity contribution in [2.45, 2.75) is 45.4 Å². The smallest absolute Gasteiger partial charge is 0.311 e. The van der Waals surface area contributed by atoms with Gasteiger partial charge in [-0.2, -0.15) is 0 Å². The monoisotopic (exact) mass is 248 g/mol. The lowest BCUT2D eigenvalue weighted by Gasteiger charge is -2.09. The molecule has 1 aliphatic heterocycles. The van der Waals surface area contributed by atoms with Gasteiger partial charge in [0.15, 0.2) is 0 Å². The van der Waals surface area contributed by atoms with E-state index >= 15 is 0 Å². The minimum Gasteiger partial charge on any atom is -0.508 e. The zero-order valence-corrected chi connectivity index (χ0v) is 10.8. The second-order valence-corrected chi connectivity index (χ2v) is 5.16. The highest BCUT2D eigenvalue weighted by molar-refractivity contribution is 5.72. The molecule has 0 aliphatic carbocycles. The molecule has 1 atom stereocenters. The van der Waals surface area contributed by atoms with Crippen LogP contribution in [0.15, 0.2) is 18.2 Å². The molecule has 0 radical (unpaired) electrons. The molecule has 1 aromatic carbocycles. The summed E-state index contributed by atoms with van der Waals surface area (Å²) >= 11 is 0. The van der Waals surface area contributed by atoms with Gasteiger partial charge in [-0.25, -0.2) is 0 Å². The van der Waals surface area contributed by atoms with E-state index in [9.17, 15) is 9.90 Å². The number of hydrogen-bond acceptors (Lipinski definition) is 3. The van der Waals surface area contributed by atoms with Gasteiger partial charge in [-0.15, -0.1) is 0 Å². The molecule has 2 rings (SSSR count). The van der Waals surface area contributed by atoms with Crippen LogP contribution in [0.2, 0.25) is 0 Å². The summed E-state index contributed by atoms with van der Waals surface area (Å²) < 4.78 is 5.38. The first-order chi connectivity index (χ1) is 8.65. The summed E-state index contributed by atoms with van der Waals surface area (Å²) in [4.78, 5) is 11.7. The van der Waals surface area contributed by atoms with Gasteiger partial charge < -0.3 is 9.84 Å². The molecule has 0 saturated carbocycles. The topological polar surface area (TPSA) is 46.5 Å². The second kappa shape index (κ2) is 5.89. The Labute approximate surface area is 108 Å². The Morgan fingerprint density at radius 3 is 2.89 bits per heavy atom. The van der Waals surface area contributed by atoms with E-state index in [2.05, 4.69) is 6.92 Å². The van der Waals surface area contributed by atoms with Crippen molar-refractivity contribution in [2.24, 2.45) is 5.92 Å². The molecule has 18 heavy (non-hydrogen) atoms. The lowest BCUT2D eigenvalue weighted by Crippen LogP contribution is -2.10. The first-order valence-corrected chi connectivity index (χ1v) is 6.67. The summed E-state index contributed by atoms with van der Waals surface area (Å²) in [6.45, 7) is 2.18. The SMILES string of the molecule is CC1CCCCc2cc(O)ccc2OC(=O)CC1. The zero-order chi connectivity index (χ0) is 13.0. The summed E-state index contributed by atoms with van der Waals surface area (Å²) in [5, 5.41) is 9.50. The molecular formula is C15H20O3. The van der Waals surface area contributed by atoms with Crippen LogP contribution in [0.1, 0.15) is 44.6 Å². The molecule has 1 aliphatic rings. The maximum Gasteiger partial charge on any atom is 0.311 e. The van der Waals surface area contributed by atoms with Crippen molar-refractivity contribution in [1.29, 1.82) is 0 Å². The predicted octanol–water partition coefficient (Wildman–Crippen LogP) is 3.44. The molecule has 0 aromatic heterocycles. The van der Waals surface area contributed by atoms with Gasteiger partial charge in [-0.05, 0) is 48.9 Å². The average Bonchev–Trinajstić information content (AvgIpc) is 2.37. The van der Waals surface area contributed by atoms with Crippen LogP contribution in [0.25, 0.3) is 0 Å². The first-order valence-electron chi connectivity index (χ1n) is 6.67. The fourth-order valence-electron chi connectivity index (χ4n) is 2.35. The van der Waals surface area contributed by atoms with E-state index in [4.69, 9.17) is 4.74 Å². The lowest BCUT2D eigenvalue weighted by atomic mass is 9.97. The third-order valence-electron chi connectivity index (χ3n) is 3.50. The van der Waals surface area contributed by atoms with Crippen molar-refractivity contribution in [3.8, 4) is 11.5 Å². The minimum atomic E-state index is -0.171. The van der Waals surface area contributed by atoms with Gasteiger partial charge in [0.05, 0.1) is 0 Å². The number of carbonyl (C=O) groups is 1. The van der Waals surface area contributed by atoms with E-state index in [0.717, 1.165) is 37.7 Å². The van der Waals surface area contributed by atoms with Crippen LogP contribution < -0.4 is 4.74 Å². The molecule has 1 heterocycles. The molecular weight excluding hydrogens is 228 g/mol. The molecule has 1 aromatic rings. The minimum absolute atomic E-state index is 0.171. The van der Waals surface area contributed by atoms with Gasteiger partial charge in [0.2, 0.25) is 0 Å². The number of aryl methyl sites for hydroxylation is 1. The van der Waals surface area contributed by atoms with Crippen molar-refractivity contribution in [3.63, 3.8) is 0 Å². The number of benzene rings is 1. The van der Waals surface area contributed by atoms with Crippen molar-refractivity contribution in [3.05, 3.63) is 23.8 Å². The molecule has 0 saturated heterocycles. The Balaban J connectivity index is 2.18. The quantitative estimate of drug-likeness (QED) is 0.565. The van der Waals surface area contributed by atoms with Gasteiger partial charge in [-0.1, -0.05) is 19.8 Å². The number of aromatic hydroxyl groups is 1. The first kappa shape index (κ1) is 12.9. The number of hydrogen-bond donors (Lipinski definition) is 1. The Hall–Kier alpha value is -1.51. The maximum absolute atomic E-state index is 11.7. The summed E-state index contributed by atoms with van der Waals surface area (Å²) in [7, 11) is 0. The molecule has 0 amide bonds. The number of ether oxygens (including phenoxy) is 1. The Morgan fingerprint density at radius 1 is 1.22 bits per heavy atom. The molecule has 98 valence electrons. The largest absolute Gasteiger partial charge is 0.508 e. The summed E-state index contributed by atoms with van der Waals surface area (Å²) in [5.74, 6) is 1.24. The molecule has 3 heteroatoms. The van der Waals surface area contributed by atoms with Crippen LogP contribution in [0, 0.1) is 5.92 Å². The van der Waals surface area contributed by atoms with Gasteiger partial charge in [-0.3, -0.25) is 4.79 Å². The summed E-state index contributed by atoms with van der Waals surface area (Å²) in [5.41, 5.74) is 0.929. The van der Waals surface area contributed by atoms with E-state index in [-0.39, 0.29) is 11.7 Å². The highest BCUT2D eigenvalue weighted by atomic mass is 16.5. The fraction of sp³-hybridized carbons (Fsp3) is 0.533. The predicted molar refractivity (Wildman–Crippen MR) is 69.7 cm³/mol. The normalized spacial score (nSPS) is 21.6. The van der Waals surface area contributed by atoms with Gasteiger partial charge in [0, 0.05) is 6.42 Å². The molecule has 0 bridgehead atoms. The van der Waals surface area contributed by atoms with Crippen LogP contribution in [-0.4, -0.2) is 11.1 Å². The molecule has 3 nitrogen and oxygen atoms in total. The highest BCUT2D eigenvalue weighted by Crippen LogP contribution is 2.27. The average molecular weight is 248 g/mol. The number of fused-ring (bicyclic) bond motifs is 1. The zero-order valence-electron chi connectivity index (χ0n) is 10.8. The number of rotatable bonds is 0. The molecule has 1 N–H and O–H groups in total. The van der Waals surface area contributed by atoms with Crippen molar-refractivity contribution >= 4 is 5.97 Å². The van der Waals surface area contributed by atoms with Crippen molar-refractivity contribution < 1.29 is 14.6 Å². The second-order valence-electron chi connectivity index (χ2n) is 5.16. The number of phenolic OH excluding ortho intramolecular Hbond substituents is 1. The Bertz CT molecular complexity index is 426. The Morgan fingerprint density at radius 2 is 2.06 bits per heavy atom. The van der Waals surface area contributed by atoms with Gasteiger partial charge in [0.1, 0.15) is 11.5 Å².